The minimum Gasteiger partial charge on any atom is -0.233 e. The number of para-hydroxylation sites is 1. The van der Waals surface area contributed by atoms with Crippen LogP contribution in [0.3, 0.4) is 0 Å². The van der Waals surface area contributed by atoms with Crippen LogP contribution < -0.4 is 0 Å². The van der Waals surface area contributed by atoms with Crippen molar-refractivity contribution < 1.29 is 18.0 Å². The van der Waals surface area contributed by atoms with Gasteiger partial charge in [0.05, 0.1) is 17.1 Å². The van der Waals surface area contributed by atoms with Crippen molar-refractivity contribution >= 4 is 11.8 Å². The van der Waals surface area contributed by atoms with E-state index in [9.17, 15) is 18.0 Å². The van der Waals surface area contributed by atoms with Gasteiger partial charge in [-0.25, -0.2) is 9.48 Å². The molecule has 0 spiro atoms. The van der Waals surface area contributed by atoms with E-state index in [2.05, 4.69) is 10.1 Å². The molecule has 1 aromatic heterocycles. The van der Waals surface area contributed by atoms with Crippen molar-refractivity contribution in [2.75, 3.05) is 0 Å². The van der Waals surface area contributed by atoms with E-state index in [1.807, 2.05) is 0 Å². The van der Waals surface area contributed by atoms with E-state index in [0.717, 1.165) is 6.07 Å². The van der Waals surface area contributed by atoms with Gasteiger partial charge in [0.1, 0.15) is 0 Å². The van der Waals surface area contributed by atoms with Crippen molar-refractivity contribution in [3.05, 3.63) is 66.4 Å². The smallest absolute Gasteiger partial charge is 0.233 e. The SMILES string of the molecule is O=C=Nc1ccc(-c2cc(C(F)(F)F)nn2-c2ccccc2)cc1. The topological polar surface area (TPSA) is 47.2 Å². The van der Waals surface area contributed by atoms with Gasteiger partial charge in [-0.1, -0.05) is 30.3 Å². The predicted molar refractivity (Wildman–Crippen MR) is 81.8 cm³/mol. The van der Waals surface area contributed by atoms with Crippen molar-refractivity contribution in [1.29, 1.82) is 0 Å². The molecule has 0 saturated heterocycles. The molecular formula is C17H10F3N3O. The summed E-state index contributed by atoms with van der Waals surface area (Å²) in [6.07, 6.45) is -3.13. The van der Waals surface area contributed by atoms with E-state index in [1.54, 1.807) is 42.5 Å². The van der Waals surface area contributed by atoms with Crippen LogP contribution in [0.5, 0.6) is 0 Å². The maximum absolute atomic E-state index is 13.0. The van der Waals surface area contributed by atoms with Crippen LogP contribution in [-0.2, 0) is 11.0 Å². The van der Waals surface area contributed by atoms with Gasteiger partial charge >= 0.3 is 6.18 Å². The van der Waals surface area contributed by atoms with E-state index in [0.29, 0.717) is 16.9 Å². The lowest BCUT2D eigenvalue weighted by Crippen LogP contribution is -2.07. The van der Waals surface area contributed by atoms with Crippen LogP contribution in [0.25, 0.3) is 16.9 Å². The summed E-state index contributed by atoms with van der Waals surface area (Å²) in [5.41, 5.74) is 0.715. The maximum Gasteiger partial charge on any atom is 0.435 e. The van der Waals surface area contributed by atoms with Gasteiger partial charge in [-0.2, -0.15) is 23.3 Å². The summed E-state index contributed by atoms with van der Waals surface area (Å²) in [6, 6.07) is 15.7. The molecule has 24 heavy (non-hydrogen) atoms. The summed E-state index contributed by atoms with van der Waals surface area (Å²) < 4.78 is 40.4. The average Bonchev–Trinajstić information content (AvgIpc) is 3.02. The van der Waals surface area contributed by atoms with E-state index in [4.69, 9.17) is 0 Å². The van der Waals surface area contributed by atoms with Gasteiger partial charge in [0.25, 0.3) is 0 Å². The van der Waals surface area contributed by atoms with Crippen LogP contribution in [0.1, 0.15) is 5.69 Å². The molecule has 120 valence electrons. The minimum absolute atomic E-state index is 0.287. The summed E-state index contributed by atoms with van der Waals surface area (Å²) in [5.74, 6) is 0. The van der Waals surface area contributed by atoms with Gasteiger partial charge in [-0.3, -0.25) is 0 Å². The van der Waals surface area contributed by atoms with E-state index < -0.39 is 11.9 Å². The Morgan fingerprint density at radius 2 is 1.67 bits per heavy atom. The zero-order chi connectivity index (χ0) is 17.2. The Labute approximate surface area is 134 Å². The number of rotatable bonds is 3. The van der Waals surface area contributed by atoms with E-state index in [1.165, 1.54) is 22.9 Å². The Kier molecular flexibility index (Phi) is 4.02. The molecule has 3 rings (SSSR count). The highest BCUT2D eigenvalue weighted by Gasteiger charge is 2.35. The Balaban J connectivity index is 2.15. The second kappa shape index (κ2) is 6.14. The highest BCUT2D eigenvalue weighted by Crippen LogP contribution is 2.33. The van der Waals surface area contributed by atoms with Crippen LogP contribution in [0, 0.1) is 0 Å². The lowest BCUT2D eigenvalue weighted by Gasteiger charge is -2.07. The molecule has 0 bridgehead atoms. The quantitative estimate of drug-likeness (QED) is 0.524. The highest BCUT2D eigenvalue weighted by atomic mass is 19.4. The van der Waals surface area contributed by atoms with Gasteiger partial charge in [-0.15, -0.1) is 0 Å². The molecule has 7 heteroatoms. The average molecular weight is 329 g/mol. The molecule has 3 aromatic rings. The van der Waals surface area contributed by atoms with Crippen molar-refractivity contribution in [2.45, 2.75) is 6.18 Å². The number of hydrogen-bond acceptors (Lipinski definition) is 3. The van der Waals surface area contributed by atoms with Gasteiger partial charge in [0.15, 0.2) is 5.69 Å². The molecule has 0 radical (unpaired) electrons. The Morgan fingerprint density at radius 1 is 1.00 bits per heavy atom. The van der Waals surface area contributed by atoms with Gasteiger partial charge in [0.2, 0.25) is 6.08 Å². The fourth-order valence-corrected chi connectivity index (χ4v) is 2.25. The lowest BCUT2D eigenvalue weighted by atomic mass is 10.1. The van der Waals surface area contributed by atoms with Crippen LogP contribution in [0.15, 0.2) is 65.7 Å². The molecule has 0 saturated carbocycles. The number of halogens is 3. The molecule has 0 N–H and O–H groups in total. The molecule has 0 amide bonds. The Hall–Kier alpha value is -3.18. The third-order valence-electron chi connectivity index (χ3n) is 3.34. The predicted octanol–water partition coefficient (Wildman–Crippen LogP) is 4.53. The molecule has 0 atom stereocenters. The summed E-state index contributed by atoms with van der Waals surface area (Å²) >= 11 is 0. The Bertz CT molecular complexity index is 893. The first-order valence-electron chi connectivity index (χ1n) is 6.90. The molecular weight excluding hydrogens is 319 g/mol. The first-order chi connectivity index (χ1) is 11.5. The summed E-state index contributed by atoms with van der Waals surface area (Å²) in [6.45, 7) is 0. The molecule has 0 aliphatic rings. The third-order valence-corrected chi connectivity index (χ3v) is 3.34. The number of nitrogens with zero attached hydrogens (tertiary/aromatic N) is 3. The molecule has 0 aliphatic carbocycles. The normalized spacial score (nSPS) is 11.1. The summed E-state index contributed by atoms with van der Waals surface area (Å²) in [4.78, 5) is 13.7. The van der Waals surface area contributed by atoms with Gasteiger partial charge in [-0.05, 0) is 30.3 Å². The standard InChI is InChI=1S/C17H10F3N3O/c18-17(19,20)16-10-15(12-6-8-13(9-7-12)21-11-24)23(22-16)14-4-2-1-3-5-14/h1-10H. The fraction of sp³-hybridized carbons (Fsp3) is 0.0588. The van der Waals surface area contributed by atoms with Crippen LogP contribution >= 0.6 is 0 Å². The molecule has 0 unspecified atom stereocenters. The first-order valence-corrected chi connectivity index (χ1v) is 6.90. The van der Waals surface area contributed by atoms with E-state index in [-0.39, 0.29) is 5.69 Å². The zero-order valence-corrected chi connectivity index (χ0v) is 12.2. The van der Waals surface area contributed by atoms with Crippen LogP contribution in [0.4, 0.5) is 18.9 Å². The zero-order valence-electron chi connectivity index (χ0n) is 12.2. The molecule has 0 aliphatic heterocycles. The fourth-order valence-electron chi connectivity index (χ4n) is 2.25. The number of aliphatic imine (C=N–C) groups is 1. The summed E-state index contributed by atoms with van der Waals surface area (Å²) in [7, 11) is 0. The van der Waals surface area contributed by atoms with Gasteiger partial charge in [0, 0.05) is 5.56 Å². The number of isocyanates is 1. The summed E-state index contributed by atoms with van der Waals surface area (Å²) in [5, 5.41) is 3.69. The highest BCUT2D eigenvalue weighted by molar-refractivity contribution is 5.65. The number of aromatic nitrogens is 2. The Morgan fingerprint density at radius 3 is 2.25 bits per heavy atom. The maximum atomic E-state index is 13.0. The molecule has 1 heterocycles. The second-order valence-electron chi connectivity index (χ2n) is 4.91. The van der Waals surface area contributed by atoms with Crippen molar-refractivity contribution in [2.24, 2.45) is 4.99 Å². The van der Waals surface area contributed by atoms with Crippen molar-refractivity contribution in [3.63, 3.8) is 0 Å². The monoisotopic (exact) mass is 329 g/mol. The van der Waals surface area contributed by atoms with Crippen LogP contribution in [0.2, 0.25) is 0 Å². The van der Waals surface area contributed by atoms with E-state index >= 15 is 0 Å². The van der Waals surface area contributed by atoms with Crippen LogP contribution in [-0.4, -0.2) is 15.9 Å². The molecule has 2 aromatic carbocycles. The minimum atomic E-state index is -4.55. The third kappa shape index (κ3) is 3.11. The molecule has 0 fully saturated rings. The molecule has 4 nitrogen and oxygen atoms in total. The van der Waals surface area contributed by atoms with Crippen molar-refractivity contribution in [1.82, 2.24) is 9.78 Å². The van der Waals surface area contributed by atoms with Crippen molar-refractivity contribution in [3.8, 4) is 16.9 Å². The number of hydrogen-bond donors (Lipinski definition) is 0. The second-order valence-corrected chi connectivity index (χ2v) is 4.91. The number of alkyl halides is 3. The first kappa shape index (κ1) is 15.7. The van der Waals surface area contributed by atoms with Gasteiger partial charge < -0.3 is 0 Å². The lowest BCUT2D eigenvalue weighted by molar-refractivity contribution is -0.141. The largest absolute Gasteiger partial charge is 0.435 e. The number of carbonyl (C=O) groups excluding carboxylic acids is 1. The number of benzene rings is 2.